The first kappa shape index (κ1) is 20.1. The molecule has 9 heteroatoms. The molecule has 164 valence electrons. The van der Waals surface area contributed by atoms with E-state index in [0.717, 1.165) is 50.5 Å². The Bertz CT molecular complexity index is 1240. The van der Waals surface area contributed by atoms with Crippen molar-refractivity contribution in [3.05, 3.63) is 35.6 Å². The number of piperidine rings is 2. The van der Waals surface area contributed by atoms with Gasteiger partial charge in [0.25, 0.3) is 0 Å². The van der Waals surface area contributed by atoms with Crippen LogP contribution in [0.15, 0.2) is 29.9 Å². The first-order chi connectivity index (χ1) is 15.7. The third-order valence-corrected chi connectivity index (χ3v) is 8.53. The third-order valence-electron chi connectivity index (χ3n) is 6.76. The van der Waals surface area contributed by atoms with Gasteiger partial charge in [0.2, 0.25) is 5.95 Å². The second-order valence-electron chi connectivity index (χ2n) is 8.89. The molecule has 7 nitrogen and oxygen atoms in total. The Morgan fingerprint density at radius 2 is 1.88 bits per heavy atom. The number of aromatic nitrogens is 5. The van der Waals surface area contributed by atoms with Gasteiger partial charge in [0.05, 0.1) is 32.5 Å². The molecular weight excluding hydrogens is 438 g/mol. The summed E-state index contributed by atoms with van der Waals surface area (Å²) in [6, 6.07) is 8.05. The van der Waals surface area contributed by atoms with Crippen LogP contribution in [0, 0.1) is 6.92 Å². The molecule has 6 rings (SSSR count). The summed E-state index contributed by atoms with van der Waals surface area (Å²) in [7, 11) is 2.11. The minimum absolute atomic E-state index is 0.467. The van der Waals surface area contributed by atoms with E-state index in [0.29, 0.717) is 24.1 Å². The maximum absolute atomic E-state index is 4.71. The van der Waals surface area contributed by atoms with E-state index in [1.54, 1.807) is 11.3 Å². The second kappa shape index (κ2) is 8.13. The lowest BCUT2D eigenvalue weighted by Crippen LogP contribution is -2.54. The van der Waals surface area contributed by atoms with Crippen molar-refractivity contribution >= 4 is 39.0 Å². The van der Waals surface area contributed by atoms with Gasteiger partial charge in [0, 0.05) is 36.3 Å². The Labute approximate surface area is 195 Å². The highest BCUT2D eigenvalue weighted by atomic mass is 32.1. The van der Waals surface area contributed by atoms with Crippen molar-refractivity contribution in [1.82, 2.24) is 29.9 Å². The first-order valence-corrected chi connectivity index (χ1v) is 12.8. The standard InChI is InChI=1S/C23H25N7S2/c1-13-8-20(32-29-13)18-7-6-17(22-21(18)25-12-31-22)19-11-24-23(28-27-19)30(2)16-9-14-4-3-5-15(10-16)26-14/h6-8,11-12,14-16,26H,3-5,9-10H2,1-2H3. The van der Waals surface area contributed by atoms with Gasteiger partial charge >= 0.3 is 0 Å². The summed E-state index contributed by atoms with van der Waals surface area (Å²) in [5, 5.41) is 12.9. The van der Waals surface area contributed by atoms with Crippen LogP contribution < -0.4 is 10.2 Å². The van der Waals surface area contributed by atoms with Crippen molar-refractivity contribution in [2.45, 2.75) is 57.2 Å². The Kier molecular flexibility index (Phi) is 5.12. The summed E-state index contributed by atoms with van der Waals surface area (Å²) in [4.78, 5) is 12.7. The molecule has 4 aromatic rings. The average Bonchev–Trinajstić information content (AvgIpc) is 3.47. The normalized spacial score (nSPS) is 22.9. The molecule has 32 heavy (non-hydrogen) atoms. The number of aryl methyl sites for hydroxylation is 1. The van der Waals surface area contributed by atoms with Crippen molar-refractivity contribution in [2.24, 2.45) is 0 Å². The van der Waals surface area contributed by atoms with Crippen LogP contribution in [-0.4, -0.2) is 49.7 Å². The summed E-state index contributed by atoms with van der Waals surface area (Å²) in [5.41, 5.74) is 6.83. The summed E-state index contributed by atoms with van der Waals surface area (Å²) in [5.74, 6) is 0.705. The number of benzene rings is 1. The van der Waals surface area contributed by atoms with Gasteiger partial charge in [-0.25, -0.2) is 9.97 Å². The second-order valence-corrected chi connectivity index (χ2v) is 10.6. The van der Waals surface area contributed by atoms with Crippen LogP contribution in [0.4, 0.5) is 5.95 Å². The van der Waals surface area contributed by atoms with Crippen LogP contribution in [0.2, 0.25) is 0 Å². The molecule has 0 radical (unpaired) electrons. The molecule has 2 fully saturated rings. The quantitative estimate of drug-likeness (QED) is 0.470. The lowest BCUT2D eigenvalue weighted by atomic mass is 9.83. The number of hydrogen-bond acceptors (Lipinski definition) is 9. The fourth-order valence-corrected chi connectivity index (χ4v) is 6.73. The van der Waals surface area contributed by atoms with Crippen LogP contribution >= 0.6 is 22.9 Å². The van der Waals surface area contributed by atoms with E-state index in [1.807, 2.05) is 18.6 Å². The number of fused-ring (bicyclic) bond motifs is 3. The van der Waals surface area contributed by atoms with Crippen LogP contribution in [0.1, 0.15) is 37.8 Å². The van der Waals surface area contributed by atoms with E-state index in [-0.39, 0.29) is 0 Å². The lowest BCUT2D eigenvalue weighted by Gasteiger charge is -2.43. The minimum atomic E-state index is 0.467. The zero-order valence-electron chi connectivity index (χ0n) is 18.2. The molecule has 5 heterocycles. The fourth-order valence-electron chi connectivity index (χ4n) is 5.11. The van der Waals surface area contributed by atoms with E-state index in [1.165, 1.54) is 30.8 Å². The Morgan fingerprint density at radius 1 is 1.06 bits per heavy atom. The number of hydrogen-bond donors (Lipinski definition) is 1. The van der Waals surface area contributed by atoms with Gasteiger partial charge in [-0.15, -0.1) is 21.5 Å². The predicted molar refractivity (Wildman–Crippen MR) is 130 cm³/mol. The van der Waals surface area contributed by atoms with Crippen molar-refractivity contribution in [3.63, 3.8) is 0 Å². The number of nitrogens with one attached hydrogen (secondary N) is 1. The van der Waals surface area contributed by atoms with Gasteiger partial charge in [-0.3, -0.25) is 0 Å². The zero-order chi connectivity index (χ0) is 21.7. The van der Waals surface area contributed by atoms with E-state index in [4.69, 9.17) is 4.98 Å². The Morgan fingerprint density at radius 3 is 2.59 bits per heavy atom. The number of anilines is 1. The number of rotatable bonds is 4. The van der Waals surface area contributed by atoms with Gasteiger partial charge in [-0.1, -0.05) is 18.6 Å². The van der Waals surface area contributed by atoms with Gasteiger partial charge in [0.15, 0.2) is 0 Å². The predicted octanol–water partition coefficient (Wildman–Crippen LogP) is 4.69. The summed E-state index contributed by atoms with van der Waals surface area (Å²) in [6.45, 7) is 2.02. The molecular formula is C23H25N7S2. The molecule has 2 aliphatic rings. The maximum atomic E-state index is 4.71. The fraction of sp³-hybridized carbons (Fsp3) is 0.435. The van der Waals surface area contributed by atoms with Crippen LogP contribution in [-0.2, 0) is 0 Å². The summed E-state index contributed by atoms with van der Waals surface area (Å²) < 4.78 is 5.53. The number of thiazole rings is 1. The van der Waals surface area contributed by atoms with Crippen LogP contribution in [0.25, 0.3) is 31.9 Å². The smallest absolute Gasteiger partial charge is 0.245 e. The Hall–Kier alpha value is -2.49. The van der Waals surface area contributed by atoms with Gasteiger partial charge in [-0.2, -0.15) is 4.37 Å². The van der Waals surface area contributed by atoms with Gasteiger partial charge in [0.1, 0.15) is 5.69 Å². The average molecular weight is 464 g/mol. The van der Waals surface area contributed by atoms with E-state index in [2.05, 4.69) is 55.0 Å². The molecule has 0 aliphatic carbocycles. The molecule has 2 atom stereocenters. The van der Waals surface area contributed by atoms with E-state index in [9.17, 15) is 0 Å². The van der Waals surface area contributed by atoms with Gasteiger partial charge in [-0.05, 0) is 50.2 Å². The highest BCUT2D eigenvalue weighted by Gasteiger charge is 2.33. The molecule has 1 aromatic carbocycles. The minimum Gasteiger partial charge on any atom is -0.339 e. The SMILES string of the molecule is Cc1cc(-c2ccc(-c3cnc(N(C)C4CC5CCCC(C4)N5)nn3)c3scnc23)sn1. The van der Waals surface area contributed by atoms with Crippen molar-refractivity contribution in [3.8, 4) is 21.7 Å². The van der Waals surface area contributed by atoms with Crippen molar-refractivity contribution < 1.29 is 0 Å². The highest BCUT2D eigenvalue weighted by molar-refractivity contribution is 7.17. The van der Waals surface area contributed by atoms with Gasteiger partial charge < -0.3 is 10.2 Å². The Balaban J connectivity index is 1.28. The molecule has 0 saturated carbocycles. The topological polar surface area (TPSA) is 79.7 Å². The monoisotopic (exact) mass is 463 g/mol. The zero-order valence-corrected chi connectivity index (χ0v) is 19.8. The largest absolute Gasteiger partial charge is 0.339 e. The van der Waals surface area contributed by atoms with Crippen molar-refractivity contribution in [2.75, 3.05) is 11.9 Å². The molecule has 2 unspecified atom stereocenters. The third kappa shape index (κ3) is 3.58. The summed E-state index contributed by atoms with van der Waals surface area (Å²) >= 11 is 3.14. The molecule has 2 bridgehead atoms. The highest BCUT2D eigenvalue weighted by Crippen LogP contribution is 2.38. The van der Waals surface area contributed by atoms with Crippen LogP contribution in [0.5, 0.6) is 0 Å². The summed E-state index contributed by atoms with van der Waals surface area (Å²) in [6.07, 6.45) is 8.06. The number of nitrogens with zero attached hydrogens (tertiary/aromatic N) is 6. The van der Waals surface area contributed by atoms with E-state index >= 15 is 0 Å². The molecule has 2 aliphatic heterocycles. The molecule has 0 amide bonds. The first-order valence-electron chi connectivity index (χ1n) is 11.1. The van der Waals surface area contributed by atoms with Crippen LogP contribution in [0.3, 0.4) is 0 Å². The molecule has 2 saturated heterocycles. The maximum Gasteiger partial charge on any atom is 0.245 e. The lowest BCUT2D eigenvalue weighted by molar-refractivity contribution is 0.218. The molecule has 1 N–H and O–H groups in total. The van der Waals surface area contributed by atoms with E-state index < -0.39 is 0 Å². The molecule has 0 spiro atoms. The van der Waals surface area contributed by atoms with Crippen molar-refractivity contribution in [1.29, 1.82) is 0 Å². The molecule has 3 aromatic heterocycles.